The average molecular weight is 314 g/mol. The quantitative estimate of drug-likeness (QED) is 0.926. The molecule has 0 saturated carbocycles. The summed E-state index contributed by atoms with van der Waals surface area (Å²) < 4.78 is 18.6. The van der Waals surface area contributed by atoms with Crippen LogP contribution in [0.4, 0.5) is 4.39 Å². The van der Waals surface area contributed by atoms with Crippen LogP contribution in [0.5, 0.6) is 0 Å². The van der Waals surface area contributed by atoms with Crippen molar-refractivity contribution in [3.05, 3.63) is 48.0 Å². The number of carbonyl (C=O) groups excluding carboxylic acids is 1. The van der Waals surface area contributed by atoms with Gasteiger partial charge in [-0.1, -0.05) is 12.1 Å². The van der Waals surface area contributed by atoms with Gasteiger partial charge in [0, 0.05) is 43.1 Å². The molecular formula is C18H19FN2O2. The Balaban J connectivity index is 1.58. The molecule has 1 N–H and O–H groups in total. The molecule has 2 fully saturated rings. The molecule has 1 aromatic carbocycles. The largest absolute Gasteiger partial charge is 0.381 e. The number of amides is 1. The summed E-state index contributed by atoms with van der Waals surface area (Å²) >= 11 is 0. The van der Waals surface area contributed by atoms with Crippen LogP contribution >= 0.6 is 0 Å². The van der Waals surface area contributed by atoms with Gasteiger partial charge in [0.2, 0.25) is 0 Å². The maximum Gasteiger partial charge on any atom is 0.256 e. The number of ether oxygens (including phenoxy) is 1. The minimum atomic E-state index is -0.278. The van der Waals surface area contributed by atoms with Crippen molar-refractivity contribution in [1.82, 2.24) is 9.88 Å². The van der Waals surface area contributed by atoms with E-state index in [2.05, 4.69) is 4.98 Å². The Morgan fingerprint density at radius 3 is 2.78 bits per heavy atom. The Morgan fingerprint density at radius 2 is 2.04 bits per heavy atom. The second kappa shape index (κ2) is 5.49. The number of benzene rings is 1. The van der Waals surface area contributed by atoms with E-state index < -0.39 is 0 Å². The molecule has 5 heteroatoms. The fourth-order valence-electron chi connectivity index (χ4n) is 3.66. The maximum absolute atomic E-state index is 13.1. The molecule has 0 unspecified atom stereocenters. The summed E-state index contributed by atoms with van der Waals surface area (Å²) in [5, 5.41) is 0. The number of hydrogen-bond acceptors (Lipinski definition) is 2. The highest BCUT2D eigenvalue weighted by Crippen LogP contribution is 2.39. The van der Waals surface area contributed by atoms with Crippen molar-refractivity contribution in [1.29, 1.82) is 0 Å². The van der Waals surface area contributed by atoms with Crippen molar-refractivity contribution >= 4 is 5.91 Å². The molecule has 4 nitrogen and oxygen atoms in total. The van der Waals surface area contributed by atoms with E-state index in [9.17, 15) is 9.18 Å². The first-order chi connectivity index (χ1) is 11.2. The lowest BCUT2D eigenvalue weighted by Gasteiger charge is -2.22. The van der Waals surface area contributed by atoms with Gasteiger partial charge in [-0.05, 0) is 30.5 Å². The number of aromatic nitrogens is 1. The van der Waals surface area contributed by atoms with Crippen molar-refractivity contribution in [2.45, 2.75) is 12.8 Å². The molecule has 0 bridgehead atoms. The Kier molecular flexibility index (Phi) is 3.45. The lowest BCUT2D eigenvalue weighted by Crippen LogP contribution is -2.32. The second-order valence-corrected chi connectivity index (χ2v) is 6.57. The molecular weight excluding hydrogens is 295 g/mol. The number of aromatic amines is 1. The van der Waals surface area contributed by atoms with Crippen LogP contribution in [0.25, 0.3) is 11.1 Å². The second-order valence-electron chi connectivity index (χ2n) is 6.57. The molecule has 2 aromatic rings. The Hall–Kier alpha value is -2.14. The number of hydrogen-bond donors (Lipinski definition) is 1. The first kappa shape index (κ1) is 14.5. The van der Waals surface area contributed by atoms with Gasteiger partial charge in [-0.25, -0.2) is 4.39 Å². The zero-order valence-electron chi connectivity index (χ0n) is 12.8. The van der Waals surface area contributed by atoms with Gasteiger partial charge < -0.3 is 14.6 Å². The van der Waals surface area contributed by atoms with Gasteiger partial charge in [0.25, 0.3) is 5.91 Å². The summed E-state index contributed by atoms with van der Waals surface area (Å²) in [6.45, 7) is 3.10. The number of rotatable bonds is 2. The molecule has 23 heavy (non-hydrogen) atoms. The van der Waals surface area contributed by atoms with Crippen LogP contribution in [0.2, 0.25) is 0 Å². The van der Waals surface area contributed by atoms with E-state index in [-0.39, 0.29) is 17.1 Å². The Labute approximate surface area is 134 Å². The maximum atomic E-state index is 13.1. The fourth-order valence-corrected chi connectivity index (χ4v) is 3.66. The first-order valence-corrected chi connectivity index (χ1v) is 7.97. The molecule has 4 rings (SSSR count). The smallest absolute Gasteiger partial charge is 0.256 e. The SMILES string of the molecule is O=C(c1c[nH]cc1-c1ccc(F)cc1)N1CC[C@@]2(CCOC2)C1. The zero-order valence-corrected chi connectivity index (χ0v) is 12.8. The lowest BCUT2D eigenvalue weighted by molar-refractivity contribution is 0.0766. The molecule has 1 atom stereocenters. The van der Waals surface area contributed by atoms with Crippen LogP contribution < -0.4 is 0 Å². The summed E-state index contributed by atoms with van der Waals surface area (Å²) in [5.74, 6) is -0.241. The van der Waals surface area contributed by atoms with E-state index in [1.165, 1.54) is 12.1 Å². The van der Waals surface area contributed by atoms with E-state index in [1.807, 2.05) is 4.90 Å². The molecule has 2 aliphatic heterocycles. The van der Waals surface area contributed by atoms with Gasteiger partial charge in [0.1, 0.15) is 5.82 Å². The van der Waals surface area contributed by atoms with E-state index in [0.29, 0.717) is 5.56 Å². The minimum absolute atomic E-state index is 0.0364. The van der Waals surface area contributed by atoms with E-state index in [4.69, 9.17) is 4.74 Å². The molecule has 2 saturated heterocycles. The topological polar surface area (TPSA) is 45.3 Å². The Morgan fingerprint density at radius 1 is 1.22 bits per heavy atom. The van der Waals surface area contributed by atoms with Crippen LogP contribution in [-0.4, -0.2) is 42.1 Å². The fraction of sp³-hybridized carbons (Fsp3) is 0.389. The monoisotopic (exact) mass is 314 g/mol. The van der Waals surface area contributed by atoms with E-state index >= 15 is 0 Å². The summed E-state index contributed by atoms with van der Waals surface area (Å²) in [6, 6.07) is 6.23. The summed E-state index contributed by atoms with van der Waals surface area (Å²) in [5.41, 5.74) is 2.46. The van der Waals surface area contributed by atoms with Crippen LogP contribution in [0, 0.1) is 11.2 Å². The summed E-state index contributed by atoms with van der Waals surface area (Å²) in [7, 11) is 0. The predicted octanol–water partition coefficient (Wildman–Crippen LogP) is 3.07. The number of halogens is 1. The average Bonchev–Trinajstić information content (AvgIpc) is 3.30. The van der Waals surface area contributed by atoms with Crippen LogP contribution in [0.15, 0.2) is 36.7 Å². The van der Waals surface area contributed by atoms with E-state index in [0.717, 1.165) is 50.3 Å². The summed E-state index contributed by atoms with van der Waals surface area (Å²) in [4.78, 5) is 17.8. The number of nitrogens with one attached hydrogen (secondary N) is 1. The third-order valence-corrected chi connectivity index (χ3v) is 5.04. The normalized spacial score (nSPS) is 23.8. The number of likely N-dealkylation sites (tertiary alicyclic amines) is 1. The van der Waals surface area contributed by atoms with Gasteiger partial charge in [-0.15, -0.1) is 0 Å². The van der Waals surface area contributed by atoms with Gasteiger partial charge in [-0.2, -0.15) is 0 Å². The van der Waals surface area contributed by atoms with Gasteiger partial charge in [0.15, 0.2) is 0 Å². The number of nitrogens with zero attached hydrogens (tertiary/aromatic N) is 1. The third kappa shape index (κ3) is 2.55. The Bertz CT molecular complexity index is 717. The molecule has 0 radical (unpaired) electrons. The van der Waals surface area contributed by atoms with Crippen LogP contribution in [-0.2, 0) is 4.74 Å². The van der Waals surface area contributed by atoms with Gasteiger partial charge in [0.05, 0.1) is 12.2 Å². The standard InChI is InChI=1S/C18H19FN2O2/c19-14-3-1-13(2-4-14)15-9-20-10-16(15)17(22)21-7-5-18(11-21)6-8-23-12-18/h1-4,9-10,20H,5-8,11-12H2/t18-/m1/s1. The third-order valence-electron chi connectivity index (χ3n) is 5.04. The highest BCUT2D eigenvalue weighted by molar-refractivity contribution is 6.01. The molecule has 120 valence electrons. The highest BCUT2D eigenvalue weighted by atomic mass is 19.1. The number of carbonyl (C=O) groups is 1. The van der Waals surface area contributed by atoms with Crippen LogP contribution in [0.1, 0.15) is 23.2 Å². The number of H-pyrrole nitrogens is 1. The van der Waals surface area contributed by atoms with Crippen molar-refractivity contribution in [3.63, 3.8) is 0 Å². The van der Waals surface area contributed by atoms with E-state index in [1.54, 1.807) is 24.5 Å². The predicted molar refractivity (Wildman–Crippen MR) is 84.6 cm³/mol. The minimum Gasteiger partial charge on any atom is -0.381 e. The summed E-state index contributed by atoms with van der Waals surface area (Å²) in [6.07, 6.45) is 5.58. The highest BCUT2D eigenvalue weighted by Gasteiger charge is 2.43. The molecule has 2 aliphatic rings. The zero-order chi connectivity index (χ0) is 15.9. The molecule has 1 amide bonds. The molecule has 0 aliphatic carbocycles. The van der Waals surface area contributed by atoms with Crippen molar-refractivity contribution in [2.24, 2.45) is 5.41 Å². The van der Waals surface area contributed by atoms with Crippen molar-refractivity contribution in [3.8, 4) is 11.1 Å². The lowest BCUT2D eigenvalue weighted by atomic mass is 9.87. The molecule has 3 heterocycles. The van der Waals surface area contributed by atoms with Gasteiger partial charge >= 0.3 is 0 Å². The van der Waals surface area contributed by atoms with Crippen LogP contribution in [0.3, 0.4) is 0 Å². The van der Waals surface area contributed by atoms with Gasteiger partial charge in [-0.3, -0.25) is 4.79 Å². The molecule has 1 spiro atoms. The molecule has 1 aromatic heterocycles. The first-order valence-electron chi connectivity index (χ1n) is 7.97. The van der Waals surface area contributed by atoms with Crippen molar-refractivity contribution < 1.29 is 13.9 Å². The van der Waals surface area contributed by atoms with Crippen molar-refractivity contribution in [2.75, 3.05) is 26.3 Å².